The molecule has 1 aliphatic heterocycles. The van der Waals surface area contributed by atoms with Gasteiger partial charge in [0.05, 0.1) is 22.7 Å². The van der Waals surface area contributed by atoms with Gasteiger partial charge in [-0.1, -0.05) is 17.7 Å². The standard InChI is InChI=1S/C20H18ClN3O3/c21-14-3-1-4-15(10-14)24-12-23-18-9-13(6-7-17(18)20(24)26)19(25)22-11-16-5-2-8-27-16/h1,3-4,6-7,9-10,12,16H,2,5,8,11H2,(H,22,25). The van der Waals surface area contributed by atoms with Crippen molar-refractivity contribution in [1.82, 2.24) is 14.9 Å². The first-order chi connectivity index (χ1) is 13.1. The Kier molecular flexibility index (Phi) is 4.92. The van der Waals surface area contributed by atoms with Crippen LogP contribution in [-0.2, 0) is 4.74 Å². The van der Waals surface area contributed by atoms with E-state index >= 15 is 0 Å². The van der Waals surface area contributed by atoms with Crippen LogP contribution in [0.25, 0.3) is 16.6 Å². The highest BCUT2D eigenvalue weighted by atomic mass is 35.5. The number of hydrogen-bond acceptors (Lipinski definition) is 4. The van der Waals surface area contributed by atoms with E-state index in [1.165, 1.54) is 10.9 Å². The molecule has 7 heteroatoms. The van der Waals surface area contributed by atoms with Crippen molar-refractivity contribution in [2.24, 2.45) is 0 Å². The molecule has 3 aromatic rings. The normalized spacial score (nSPS) is 16.6. The number of halogens is 1. The van der Waals surface area contributed by atoms with Gasteiger partial charge in [-0.2, -0.15) is 0 Å². The number of nitrogens with zero attached hydrogens (tertiary/aromatic N) is 2. The Morgan fingerprint density at radius 1 is 1.30 bits per heavy atom. The van der Waals surface area contributed by atoms with Crippen LogP contribution in [0.4, 0.5) is 0 Å². The summed E-state index contributed by atoms with van der Waals surface area (Å²) in [5, 5.41) is 3.85. The maximum absolute atomic E-state index is 12.8. The van der Waals surface area contributed by atoms with Crippen molar-refractivity contribution in [3.63, 3.8) is 0 Å². The van der Waals surface area contributed by atoms with Crippen LogP contribution in [0.1, 0.15) is 23.2 Å². The molecule has 0 spiro atoms. The zero-order valence-electron chi connectivity index (χ0n) is 14.5. The third-order valence-corrected chi connectivity index (χ3v) is 4.86. The highest BCUT2D eigenvalue weighted by molar-refractivity contribution is 6.30. The second-order valence-electron chi connectivity index (χ2n) is 6.48. The van der Waals surface area contributed by atoms with E-state index in [1.807, 2.05) is 0 Å². The molecular weight excluding hydrogens is 366 g/mol. The lowest BCUT2D eigenvalue weighted by atomic mass is 10.1. The first kappa shape index (κ1) is 17.7. The van der Waals surface area contributed by atoms with Crippen LogP contribution in [0.3, 0.4) is 0 Å². The third-order valence-electron chi connectivity index (χ3n) is 4.62. The van der Waals surface area contributed by atoms with E-state index in [-0.39, 0.29) is 17.6 Å². The third kappa shape index (κ3) is 3.72. The molecule has 1 aromatic heterocycles. The summed E-state index contributed by atoms with van der Waals surface area (Å²) in [7, 11) is 0. The van der Waals surface area contributed by atoms with Crippen LogP contribution in [0, 0.1) is 0 Å². The van der Waals surface area contributed by atoms with Gasteiger partial charge in [-0.15, -0.1) is 0 Å². The molecule has 0 bridgehead atoms. The summed E-state index contributed by atoms with van der Waals surface area (Å²) in [6.45, 7) is 1.24. The highest BCUT2D eigenvalue weighted by Gasteiger charge is 2.17. The number of ether oxygens (including phenoxy) is 1. The molecule has 1 unspecified atom stereocenters. The predicted molar refractivity (Wildman–Crippen MR) is 104 cm³/mol. The van der Waals surface area contributed by atoms with Crippen molar-refractivity contribution in [2.45, 2.75) is 18.9 Å². The minimum Gasteiger partial charge on any atom is -0.376 e. The van der Waals surface area contributed by atoms with Gasteiger partial charge in [-0.05, 0) is 49.2 Å². The van der Waals surface area contributed by atoms with E-state index in [0.717, 1.165) is 19.4 Å². The molecule has 138 valence electrons. The van der Waals surface area contributed by atoms with Crippen LogP contribution in [0.15, 0.2) is 53.6 Å². The van der Waals surface area contributed by atoms with Gasteiger partial charge in [0.15, 0.2) is 0 Å². The summed E-state index contributed by atoms with van der Waals surface area (Å²) in [5.41, 5.74) is 1.37. The Bertz CT molecular complexity index is 1060. The van der Waals surface area contributed by atoms with E-state index < -0.39 is 0 Å². The molecule has 2 aromatic carbocycles. The van der Waals surface area contributed by atoms with Gasteiger partial charge in [0.25, 0.3) is 11.5 Å². The van der Waals surface area contributed by atoms with Crippen LogP contribution >= 0.6 is 11.6 Å². The molecule has 27 heavy (non-hydrogen) atoms. The molecule has 1 amide bonds. The van der Waals surface area contributed by atoms with E-state index in [0.29, 0.717) is 33.7 Å². The minimum absolute atomic E-state index is 0.0810. The van der Waals surface area contributed by atoms with Crippen LogP contribution in [0.2, 0.25) is 5.02 Å². The van der Waals surface area contributed by atoms with Crippen molar-refractivity contribution in [3.05, 3.63) is 69.7 Å². The first-order valence-corrected chi connectivity index (χ1v) is 9.17. The Morgan fingerprint density at radius 2 is 2.19 bits per heavy atom. The molecule has 0 saturated carbocycles. The number of hydrogen-bond donors (Lipinski definition) is 1. The number of fused-ring (bicyclic) bond motifs is 1. The van der Waals surface area contributed by atoms with Gasteiger partial charge in [0.2, 0.25) is 0 Å². The molecule has 6 nitrogen and oxygen atoms in total. The molecule has 1 atom stereocenters. The summed E-state index contributed by atoms with van der Waals surface area (Å²) in [6, 6.07) is 11.9. The van der Waals surface area contributed by atoms with Crippen LogP contribution < -0.4 is 10.9 Å². The molecule has 1 N–H and O–H groups in total. The Balaban J connectivity index is 1.60. The second kappa shape index (κ2) is 7.50. The van der Waals surface area contributed by atoms with E-state index in [9.17, 15) is 9.59 Å². The predicted octanol–water partition coefficient (Wildman–Crippen LogP) is 2.95. The topological polar surface area (TPSA) is 73.2 Å². The minimum atomic E-state index is -0.214. The Hall–Kier alpha value is -2.70. The molecule has 0 radical (unpaired) electrons. The fraction of sp³-hybridized carbons (Fsp3) is 0.250. The summed E-state index contributed by atoms with van der Waals surface area (Å²) in [5.74, 6) is -0.201. The summed E-state index contributed by atoms with van der Waals surface area (Å²) in [4.78, 5) is 29.5. The number of rotatable bonds is 4. The SMILES string of the molecule is O=C(NCC1CCCO1)c1ccc2c(=O)n(-c3cccc(Cl)c3)cnc2c1. The summed E-state index contributed by atoms with van der Waals surface area (Å²) >= 11 is 6.01. The fourth-order valence-corrected chi connectivity index (χ4v) is 3.37. The van der Waals surface area contributed by atoms with Crippen molar-refractivity contribution in [3.8, 4) is 5.69 Å². The maximum atomic E-state index is 12.8. The van der Waals surface area contributed by atoms with Crippen molar-refractivity contribution >= 4 is 28.4 Å². The fourth-order valence-electron chi connectivity index (χ4n) is 3.19. The maximum Gasteiger partial charge on any atom is 0.265 e. The lowest BCUT2D eigenvalue weighted by Gasteiger charge is -2.11. The molecule has 2 heterocycles. The number of benzene rings is 2. The second-order valence-corrected chi connectivity index (χ2v) is 6.91. The van der Waals surface area contributed by atoms with Gasteiger partial charge in [0, 0.05) is 23.7 Å². The van der Waals surface area contributed by atoms with Crippen LogP contribution in [-0.4, -0.2) is 34.7 Å². The van der Waals surface area contributed by atoms with Crippen molar-refractivity contribution < 1.29 is 9.53 Å². The van der Waals surface area contributed by atoms with Gasteiger partial charge >= 0.3 is 0 Å². The Morgan fingerprint density at radius 3 is 2.96 bits per heavy atom. The average molecular weight is 384 g/mol. The first-order valence-electron chi connectivity index (χ1n) is 8.79. The van der Waals surface area contributed by atoms with Gasteiger partial charge < -0.3 is 10.1 Å². The monoisotopic (exact) mass is 383 g/mol. The van der Waals surface area contributed by atoms with Gasteiger partial charge in [0.1, 0.15) is 6.33 Å². The lowest BCUT2D eigenvalue weighted by molar-refractivity contribution is 0.0858. The van der Waals surface area contributed by atoms with Crippen molar-refractivity contribution in [2.75, 3.05) is 13.2 Å². The number of amides is 1. The van der Waals surface area contributed by atoms with Crippen molar-refractivity contribution in [1.29, 1.82) is 0 Å². The lowest BCUT2D eigenvalue weighted by Crippen LogP contribution is -2.31. The molecule has 0 aliphatic carbocycles. The summed E-state index contributed by atoms with van der Waals surface area (Å²) < 4.78 is 6.94. The molecule has 1 fully saturated rings. The van der Waals surface area contributed by atoms with E-state index in [2.05, 4.69) is 10.3 Å². The molecule has 1 saturated heterocycles. The zero-order valence-corrected chi connectivity index (χ0v) is 15.3. The van der Waals surface area contributed by atoms with E-state index in [4.69, 9.17) is 16.3 Å². The van der Waals surface area contributed by atoms with Gasteiger partial charge in [-0.3, -0.25) is 14.2 Å². The quantitative estimate of drug-likeness (QED) is 0.751. The highest BCUT2D eigenvalue weighted by Crippen LogP contribution is 2.16. The van der Waals surface area contributed by atoms with E-state index in [1.54, 1.807) is 42.5 Å². The smallest absolute Gasteiger partial charge is 0.265 e. The number of aromatic nitrogens is 2. The molecule has 1 aliphatic rings. The zero-order chi connectivity index (χ0) is 18.8. The number of nitrogens with one attached hydrogen (secondary N) is 1. The van der Waals surface area contributed by atoms with Crippen LogP contribution in [0.5, 0.6) is 0 Å². The Labute approximate surface area is 160 Å². The number of carbonyl (C=O) groups is 1. The molecular formula is C20H18ClN3O3. The molecule has 4 rings (SSSR count). The van der Waals surface area contributed by atoms with Gasteiger partial charge in [-0.25, -0.2) is 4.98 Å². The largest absolute Gasteiger partial charge is 0.376 e. The number of carbonyl (C=O) groups excluding carboxylic acids is 1. The summed E-state index contributed by atoms with van der Waals surface area (Å²) in [6.07, 6.45) is 3.52. The average Bonchev–Trinajstić information content (AvgIpc) is 3.20.